The van der Waals surface area contributed by atoms with Crippen molar-refractivity contribution in [3.63, 3.8) is 0 Å². The molecule has 0 aliphatic carbocycles. The van der Waals surface area contributed by atoms with E-state index in [4.69, 9.17) is 4.74 Å². The minimum Gasteiger partial charge on any atom is -0.409 e. The zero-order valence-electron chi connectivity index (χ0n) is 10.4. The maximum atomic E-state index is 12.0. The van der Waals surface area contributed by atoms with Crippen molar-refractivity contribution in [3.8, 4) is 5.75 Å². The van der Waals surface area contributed by atoms with Gasteiger partial charge in [-0.25, -0.2) is 4.79 Å². The molecule has 1 amide bonds. The van der Waals surface area contributed by atoms with Crippen LogP contribution in [-0.2, 0) is 6.54 Å². The Morgan fingerprint density at radius 2 is 2.00 bits per heavy atom. The molecule has 1 aromatic carbocycles. The molecule has 2 rings (SSSR count). The molecule has 104 valence electrons. The lowest BCUT2D eigenvalue weighted by atomic mass is 10.0. The average molecular weight is 395 g/mol. The molecule has 0 bridgehead atoms. The van der Waals surface area contributed by atoms with Crippen LogP contribution in [0.3, 0.4) is 0 Å². The van der Waals surface area contributed by atoms with Gasteiger partial charge in [0.15, 0.2) is 12.0 Å². The average Bonchev–Trinajstić information content (AvgIpc) is 2.29. The van der Waals surface area contributed by atoms with Gasteiger partial charge in [-0.1, -0.05) is 15.9 Å². The van der Waals surface area contributed by atoms with Gasteiger partial charge < -0.3 is 14.9 Å². The van der Waals surface area contributed by atoms with E-state index < -0.39 is 17.9 Å². The quantitative estimate of drug-likeness (QED) is 0.756. The molecule has 1 aliphatic heterocycles. The number of carbonyl (C=O) groups is 1. The number of halogens is 2. The Morgan fingerprint density at radius 3 is 2.58 bits per heavy atom. The van der Waals surface area contributed by atoms with E-state index in [-0.39, 0.29) is 6.54 Å². The first-order chi connectivity index (χ1) is 8.73. The summed E-state index contributed by atoms with van der Waals surface area (Å²) in [6.45, 7) is 3.38. The Morgan fingerprint density at radius 1 is 1.37 bits per heavy atom. The lowest BCUT2D eigenvalue weighted by Crippen LogP contribution is -2.56. The number of nitrogens with zero attached hydrogens (tertiary/aromatic N) is 1. The summed E-state index contributed by atoms with van der Waals surface area (Å²) in [5.74, 6) is 0.465. The standard InChI is InChI=1S/C12H13Br2NO4/c1-12(2,10(16)17)15-5-6-3-7(13)4-8(14)9(6)19-11(15)18/h3-4,10,16-17H,5H2,1-2H3. The summed E-state index contributed by atoms with van der Waals surface area (Å²) in [5, 5.41) is 18.8. The third-order valence-corrected chi connectivity index (χ3v) is 4.20. The molecule has 19 heavy (non-hydrogen) atoms. The number of ether oxygens (including phenoxy) is 1. The molecule has 2 N–H and O–H groups in total. The first-order valence-electron chi connectivity index (χ1n) is 5.57. The van der Waals surface area contributed by atoms with Gasteiger partial charge in [0, 0.05) is 10.0 Å². The van der Waals surface area contributed by atoms with Crippen LogP contribution in [-0.4, -0.2) is 33.0 Å². The first kappa shape index (κ1) is 14.8. The topological polar surface area (TPSA) is 70.0 Å². The number of hydrogen-bond donors (Lipinski definition) is 2. The number of rotatable bonds is 2. The fourth-order valence-electron chi connectivity index (χ4n) is 1.80. The van der Waals surface area contributed by atoms with Crippen LogP contribution in [0.15, 0.2) is 21.1 Å². The van der Waals surface area contributed by atoms with Crippen LogP contribution >= 0.6 is 31.9 Å². The summed E-state index contributed by atoms with van der Waals surface area (Å²) in [5.41, 5.74) is -0.349. The van der Waals surface area contributed by atoms with Gasteiger partial charge in [0.05, 0.1) is 16.6 Å². The number of carbonyl (C=O) groups excluding carboxylic acids is 1. The molecule has 0 saturated heterocycles. The molecule has 0 radical (unpaired) electrons. The molecule has 7 heteroatoms. The van der Waals surface area contributed by atoms with Gasteiger partial charge in [0.1, 0.15) is 0 Å². The highest BCUT2D eigenvalue weighted by Crippen LogP contribution is 2.38. The Hall–Kier alpha value is -0.630. The number of amides is 1. The van der Waals surface area contributed by atoms with Crippen LogP contribution in [0.1, 0.15) is 19.4 Å². The molecular formula is C12H13Br2NO4. The molecule has 0 spiro atoms. The minimum atomic E-state index is -1.66. The lowest BCUT2D eigenvalue weighted by Gasteiger charge is -2.41. The number of aliphatic hydroxyl groups is 2. The number of hydrogen-bond acceptors (Lipinski definition) is 4. The van der Waals surface area contributed by atoms with Gasteiger partial charge in [-0.3, -0.25) is 4.90 Å². The Bertz CT molecular complexity index is 531. The van der Waals surface area contributed by atoms with Crippen LogP contribution < -0.4 is 4.74 Å². The second-order valence-corrected chi connectivity index (χ2v) is 6.63. The third kappa shape index (κ3) is 2.65. The van der Waals surface area contributed by atoms with E-state index >= 15 is 0 Å². The Labute approximate surface area is 127 Å². The molecule has 0 atom stereocenters. The Balaban J connectivity index is 2.42. The number of fused-ring (bicyclic) bond motifs is 1. The van der Waals surface area contributed by atoms with Crippen molar-refractivity contribution >= 4 is 38.0 Å². The van der Waals surface area contributed by atoms with Crippen molar-refractivity contribution in [1.29, 1.82) is 0 Å². The summed E-state index contributed by atoms with van der Waals surface area (Å²) >= 11 is 6.70. The first-order valence-corrected chi connectivity index (χ1v) is 7.15. The molecule has 0 saturated carbocycles. The molecule has 1 aliphatic rings. The summed E-state index contributed by atoms with van der Waals surface area (Å²) < 4.78 is 6.78. The fraction of sp³-hybridized carbons (Fsp3) is 0.417. The van der Waals surface area contributed by atoms with Crippen molar-refractivity contribution in [2.75, 3.05) is 0 Å². The monoisotopic (exact) mass is 393 g/mol. The van der Waals surface area contributed by atoms with Crippen molar-refractivity contribution in [1.82, 2.24) is 4.90 Å². The highest BCUT2D eigenvalue weighted by molar-refractivity contribution is 9.11. The van der Waals surface area contributed by atoms with Gasteiger partial charge in [0.25, 0.3) is 0 Å². The predicted octanol–water partition coefficient (Wildman–Crippen LogP) is 2.62. The van der Waals surface area contributed by atoms with Gasteiger partial charge in [-0.2, -0.15) is 0 Å². The second kappa shape index (κ2) is 5.05. The SMILES string of the molecule is CC(C)(C(O)O)N1Cc2cc(Br)cc(Br)c2OC1=O. The molecule has 1 heterocycles. The van der Waals surface area contributed by atoms with E-state index in [1.807, 2.05) is 6.07 Å². The van der Waals surface area contributed by atoms with E-state index in [0.29, 0.717) is 10.2 Å². The highest BCUT2D eigenvalue weighted by atomic mass is 79.9. The normalized spacial score (nSPS) is 15.5. The van der Waals surface area contributed by atoms with Crippen LogP contribution in [0.2, 0.25) is 0 Å². The van der Waals surface area contributed by atoms with Crippen LogP contribution in [0, 0.1) is 0 Å². The molecule has 0 unspecified atom stereocenters. The van der Waals surface area contributed by atoms with Crippen LogP contribution in [0.4, 0.5) is 4.79 Å². The zero-order chi connectivity index (χ0) is 14.4. The van der Waals surface area contributed by atoms with Crippen molar-refractivity contribution in [2.45, 2.75) is 32.2 Å². The van der Waals surface area contributed by atoms with Gasteiger partial charge in [0.2, 0.25) is 0 Å². The van der Waals surface area contributed by atoms with E-state index in [2.05, 4.69) is 31.9 Å². The fourth-order valence-corrected chi connectivity index (χ4v) is 3.20. The summed E-state index contributed by atoms with van der Waals surface area (Å²) in [6, 6.07) is 3.62. The van der Waals surface area contributed by atoms with E-state index in [9.17, 15) is 15.0 Å². The van der Waals surface area contributed by atoms with Crippen molar-refractivity contribution < 1.29 is 19.7 Å². The minimum absolute atomic E-state index is 0.247. The highest BCUT2D eigenvalue weighted by Gasteiger charge is 2.41. The zero-order valence-corrected chi connectivity index (χ0v) is 13.5. The summed E-state index contributed by atoms with van der Waals surface area (Å²) in [6.07, 6.45) is -2.26. The largest absolute Gasteiger partial charge is 0.416 e. The number of benzene rings is 1. The maximum Gasteiger partial charge on any atom is 0.416 e. The van der Waals surface area contributed by atoms with Crippen molar-refractivity contribution in [3.05, 3.63) is 26.6 Å². The molecule has 0 aromatic heterocycles. The van der Waals surface area contributed by atoms with Crippen LogP contribution in [0.25, 0.3) is 0 Å². The third-order valence-electron chi connectivity index (χ3n) is 3.15. The Kier molecular flexibility index (Phi) is 3.92. The molecule has 0 fully saturated rings. The van der Waals surface area contributed by atoms with E-state index in [0.717, 1.165) is 10.0 Å². The van der Waals surface area contributed by atoms with Gasteiger partial charge >= 0.3 is 6.09 Å². The summed E-state index contributed by atoms with van der Waals surface area (Å²) in [4.78, 5) is 13.3. The smallest absolute Gasteiger partial charge is 0.409 e. The van der Waals surface area contributed by atoms with Gasteiger partial charge in [-0.15, -0.1) is 0 Å². The van der Waals surface area contributed by atoms with Gasteiger partial charge in [-0.05, 0) is 41.9 Å². The lowest BCUT2D eigenvalue weighted by molar-refractivity contribution is -0.134. The predicted molar refractivity (Wildman–Crippen MR) is 75.7 cm³/mol. The van der Waals surface area contributed by atoms with Crippen LogP contribution in [0.5, 0.6) is 5.75 Å². The molecule has 5 nitrogen and oxygen atoms in total. The van der Waals surface area contributed by atoms with E-state index in [1.54, 1.807) is 19.9 Å². The van der Waals surface area contributed by atoms with Crippen molar-refractivity contribution in [2.24, 2.45) is 0 Å². The summed E-state index contributed by atoms with van der Waals surface area (Å²) in [7, 11) is 0. The number of aliphatic hydroxyl groups excluding tert-OH is 1. The van der Waals surface area contributed by atoms with E-state index in [1.165, 1.54) is 4.90 Å². The molecular weight excluding hydrogens is 382 g/mol. The molecule has 1 aromatic rings. The maximum absolute atomic E-state index is 12.0. The second-order valence-electron chi connectivity index (χ2n) is 4.86.